The largest absolute Gasteiger partial charge is 0.299 e. The summed E-state index contributed by atoms with van der Waals surface area (Å²) in [5, 5.41) is 12.7. The summed E-state index contributed by atoms with van der Waals surface area (Å²) in [6, 6.07) is 3.17. The number of hydrogen-bond acceptors (Lipinski definition) is 7. The maximum absolute atomic E-state index is 13.1. The smallest absolute Gasteiger partial charge is 0.283 e. The quantitative estimate of drug-likeness (QED) is 0.361. The summed E-state index contributed by atoms with van der Waals surface area (Å²) in [5.74, 6) is -0.533. The van der Waals surface area contributed by atoms with Crippen LogP contribution in [-0.4, -0.2) is 29.4 Å². The topological polar surface area (TPSA) is 78.0 Å². The van der Waals surface area contributed by atoms with Gasteiger partial charge in [-0.1, -0.05) is 6.08 Å². The number of hydrogen-bond donors (Lipinski definition) is 0. The second kappa shape index (κ2) is 7.06. The molecule has 0 saturated carbocycles. The number of aryl methyl sites for hydroxylation is 2. The predicted molar refractivity (Wildman–Crippen MR) is 103 cm³/mol. The van der Waals surface area contributed by atoms with Crippen LogP contribution in [0.15, 0.2) is 39.8 Å². The van der Waals surface area contributed by atoms with Crippen LogP contribution in [0, 0.1) is 13.8 Å². The van der Waals surface area contributed by atoms with Crippen molar-refractivity contribution in [3.05, 3.63) is 51.4 Å². The fourth-order valence-electron chi connectivity index (χ4n) is 2.75. The first kappa shape index (κ1) is 18.7. The molecule has 0 aromatic carbocycles. The molecule has 0 spiro atoms. The van der Waals surface area contributed by atoms with Crippen LogP contribution in [0.2, 0.25) is 0 Å². The van der Waals surface area contributed by atoms with E-state index >= 15 is 0 Å². The van der Waals surface area contributed by atoms with Crippen molar-refractivity contribution in [1.29, 1.82) is 0 Å². The van der Waals surface area contributed by atoms with Crippen LogP contribution in [0.3, 0.4) is 0 Å². The molecule has 4 heterocycles. The van der Waals surface area contributed by atoms with E-state index in [-0.39, 0.29) is 17.8 Å². The van der Waals surface area contributed by atoms with Crippen LogP contribution < -0.4 is 5.56 Å². The standard InChI is InChI=1S/C17H14F2N6OS2/c1-4-7-24-16(26)12-8(2)9(3)27-15(12)20-17(24)28-11-6-5-10-21-22-14(13(18)19)25(10)23-11/h4-6,13H,1,7H2,2-3H3. The third-order valence-electron chi connectivity index (χ3n) is 4.22. The van der Waals surface area contributed by atoms with E-state index in [0.29, 0.717) is 20.4 Å². The van der Waals surface area contributed by atoms with Gasteiger partial charge in [-0.2, -0.15) is 9.61 Å². The van der Waals surface area contributed by atoms with Gasteiger partial charge >= 0.3 is 0 Å². The molecule has 7 nitrogen and oxygen atoms in total. The first-order chi connectivity index (χ1) is 13.4. The number of rotatable bonds is 5. The zero-order chi connectivity index (χ0) is 20.0. The van der Waals surface area contributed by atoms with Crippen molar-refractivity contribution in [3.8, 4) is 0 Å². The second-order valence-electron chi connectivity index (χ2n) is 5.96. The minimum Gasteiger partial charge on any atom is -0.283 e. The lowest BCUT2D eigenvalue weighted by molar-refractivity contribution is 0.137. The number of aromatic nitrogens is 6. The highest BCUT2D eigenvalue weighted by atomic mass is 32.2. The van der Waals surface area contributed by atoms with Gasteiger partial charge in [0.2, 0.25) is 5.82 Å². The van der Waals surface area contributed by atoms with Gasteiger partial charge in [0, 0.05) is 11.4 Å². The Bertz CT molecular complexity index is 1280. The van der Waals surface area contributed by atoms with Crippen LogP contribution in [0.5, 0.6) is 0 Å². The zero-order valence-corrected chi connectivity index (χ0v) is 16.5. The second-order valence-corrected chi connectivity index (χ2v) is 8.16. The Morgan fingerprint density at radius 3 is 2.82 bits per heavy atom. The molecule has 0 radical (unpaired) electrons. The van der Waals surface area contributed by atoms with Gasteiger partial charge in [0.05, 0.1) is 5.39 Å². The van der Waals surface area contributed by atoms with Gasteiger partial charge in [0.15, 0.2) is 10.8 Å². The number of alkyl halides is 2. The van der Waals surface area contributed by atoms with E-state index in [1.54, 1.807) is 18.2 Å². The van der Waals surface area contributed by atoms with Crippen molar-refractivity contribution in [1.82, 2.24) is 29.4 Å². The predicted octanol–water partition coefficient (Wildman–Crippen LogP) is 3.79. The molecule has 0 fully saturated rings. The fraction of sp³-hybridized carbons (Fsp3) is 0.235. The first-order valence-electron chi connectivity index (χ1n) is 8.20. The molecule has 0 amide bonds. The Hall–Kier alpha value is -2.66. The van der Waals surface area contributed by atoms with Crippen LogP contribution in [-0.2, 0) is 6.54 Å². The van der Waals surface area contributed by atoms with Crippen molar-refractivity contribution in [2.75, 3.05) is 0 Å². The van der Waals surface area contributed by atoms with Gasteiger partial charge in [-0.05, 0) is 43.3 Å². The highest BCUT2D eigenvalue weighted by molar-refractivity contribution is 7.99. The molecule has 0 aliphatic heterocycles. The molecular weight excluding hydrogens is 406 g/mol. The van der Waals surface area contributed by atoms with Crippen LogP contribution >= 0.6 is 23.1 Å². The molecule has 0 unspecified atom stereocenters. The van der Waals surface area contributed by atoms with Crippen molar-refractivity contribution in [2.24, 2.45) is 0 Å². The Morgan fingerprint density at radius 1 is 1.32 bits per heavy atom. The van der Waals surface area contributed by atoms with Gasteiger partial charge < -0.3 is 0 Å². The lowest BCUT2D eigenvalue weighted by Crippen LogP contribution is -2.22. The summed E-state index contributed by atoms with van der Waals surface area (Å²) in [7, 11) is 0. The van der Waals surface area contributed by atoms with Crippen LogP contribution in [0.25, 0.3) is 15.9 Å². The number of fused-ring (bicyclic) bond motifs is 2. The molecule has 4 rings (SSSR count). The van der Waals surface area contributed by atoms with Gasteiger partial charge in [-0.3, -0.25) is 9.36 Å². The number of halogens is 2. The van der Waals surface area contributed by atoms with Crippen LogP contribution in [0.1, 0.15) is 22.7 Å². The van der Waals surface area contributed by atoms with E-state index in [4.69, 9.17) is 0 Å². The molecule has 0 aliphatic rings. The van der Waals surface area contributed by atoms with Crippen molar-refractivity contribution in [2.45, 2.75) is 37.0 Å². The van der Waals surface area contributed by atoms with Gasteiger partial charge in [0.25, 0.3) is 12.0 Å². The first-order valence-corrected chi connectivity index (χ1v) is 9.83. The third-order valence-corrected chi connectivity index (χ3v) is 6.24. The highest BCUT2D eigenvalue weighted by Crippen LogP contribution is 2.31. The average Bonchev–Trinajstić information content (AvgIpc) is 3.19. The zero-order valence-electron chi connectivity index (χ0n) is 14.9. The highest BCUT2D eigenvalue weighted by Gasteiger charge is 2.19. The number of nitrogens with zero attached hydrogens (tertiary/aromatic N) is 6. The minimum atomic E-state index is -2.80. The third kappa shape index (κ3) is 3.00. The van der Waals surface area contributed by atoms with Crippen LogP contribution in [0.4, 0.5) is 8.78 Å². The average molecular weight is 420 g/mol. The molecular formula is C17H14F2N6OS2. The lowest BCUT2D eigenvalue weighted by atomic mass is 10.2. The maximum atomic E-state index is 13.1. The Morgan fingerprint density at radius 2 is 2.11 bits per heavy atom. The fourth-order valence-corrected chi connectivity index (χ4v) is 4.68. The van der Waals surface area contributed by atoms with Crippen molar-refractivity contribution in [3.63, 3.8) is 0 Å². The summed E-state index contributed by atoms with van der Waals surface area (Å²) < 4.78 is 28.7. The molecule has 144 valence electrons. The SMILES string of the molecule is C=CCn1c(Sc2ccc3nnc(C(F)F)n3n2)nc2sc(C)c(C)c2c1=O. The molecule has 0 N–H and O–H groups in total. The van der Waals surface area contributed by atoms with E-state index < -0.39 is 12.2 Å². The summed E-state index contributed by atoms with van der Waals surface area (Å²) >= 11 is 2.56. The molecule has 4 aromatic rings. The molecule has 0 aliphatic carbocycles. The Balaban J connectivity index is 1.86. The molecule has 0 atom stereocenters. The maximum Gasteiger partial charge on any atom is 0.299 e. The summed E-state index contributed by atoms with van der Waals surface area (Å²) in [6.45, 7) is 7.82. The molecule has 11 heteroatoms. The van der Waals surface area contributed by atoms with E-state index in [0.717, 1.165) is 26.7 Å². The summed E-state index contributed by atoms with van der Waals surface area (Å²) in [5.41, 5.74) is 0.974. The van der Waals surface area contributed by atoms with Gasteiger partial charge in [-0.15, -0.1) is 28.1 Å². The molecule has 0 bridgehead atoms. The molecule has 0 saturated heterocycles. The molecule has 4 aromatic heterocycles. The Kier molecular flexibility index (Phi) is 4.71. The van der Waals surface area contributed by atoms with E-state index in [1.807, 2.05) is 13.8 Å². The van der Waals surface area contributed by atoms with E-state index in [2.05, 4.69) is 26.9 Å². The molecule has 28 heavy (non-hydrogen) atoms. The summed E-state index contributed by atoms with van der Waals surface area (Å²) in [6.07, 6.45) is -1.19. The lowest BCUT2D eigenvalue weighted by Gasteiger charge is -2.10. The minimum absolute atomic E-state index is 0.159. The van der Waals surface area contributed by atoms with Crippen molar-refractivity contribution >= 4 is 39.0 Å². The van der Waals surface area contributed by atoms with Crippen molar-refractivity contribution < 1.29 is 8.78 Å². The van der Waals surface area contributed by atoms with E-state index in [9.17, 15) is 13.6 Å². The number of allylic oxidation sites excluding steroid dienone is 1. The monoisotopic (exact) mass is 420 g/mol. The van der Waals surface area contributed by atoms with Gasteiger partial charge in [-0.25, -0.2) is 13.8 Å². The normalized spacial score (nSPS) is 11.8. The Labute approximate surface area is 165 Å². The summed E-state index contributed by atoms with van der Waals surface area (Å²) in [4.78, 5) is 19.3. The number of thiophene rings is 1. The van der Waals surface area contributed by atoms with E-state index in [1.165, 1.54) is 15.9 Å². The van der Waals surface area contributed by atoms with Gasteiger partial charge in [0.1, 0.15) is 9.86 Å².